The van der Waals surface area contributed by atoms with Crippen molar-refractivity contribution in [1.82, 2.24) is 4.98 Å². The number of hydrogen-bond donors (Lipinski definition) is 0. The quantitative estimate of drug-likeness (QED) is 0.392. The minimum absolute atomic E-state index is 0.00496. The number of nitrogens with zero attached hydrogens (tertiary/aromatic N) is 1. The van der Waals surface area contributed by atoms with Crippen LogP contribution in [0.3, 0.4) is 0 Å². The Bertz CT molecular complexity index is 1200. The molecule has 0 saturated heterocycles. The molecule has 0 amide bonds. The third kappa shape index (κ3) is 5.22. The average molecular weight is 418 g/mol. The number of hydrogen-bond acceptors (Lipinski definition) is 2. The van der Waals surface area contributed by atoms with Crippen molar-refractivity contribution in [3.05, 3.63) is 132 Å². The van der Waals surface area contributed by atoms with Crippen molar-refractivity contribution in [3.63, 3.8) is 0 Å². The Hall–Kier alpha value is -3.91. The van der Waals surface area contributed by atoms with E-state index < -0.39 is 0 Å². The van der Waals surface area contributed by atoms with Gasteiger partial charge in [0.1, 0.15) is 6.10 Å². The van der Waals surface area contributed by atoms with Gasteiger partial charge in [0.25, 0.3) is 0 Å². The molecule has 0 N–H and O–H groups in total. The molecule has 0 aliphatic carbocycles. The maximum absolute atomic E-state index is 5.82. The lowest BCUT2D eigenvalue weighted by Crippen LogP contribution is -1.99. The molecule has 1 aromatic heterocycles. The predicted molar refractivity (Wildman–Crippen MR) is 136 cm³/mol. The topological polar surface area (TPSA) is 22.1 Å². The van der Waals surface area contributed by atoms with Crippen LogP contribution in [-0.2, 0) is 4.74 Å². The molecule has 1 unspecified atom stereocenters. The second kappa shape index (κ2) is 10.4. The van der Waals surface area contributed by atoms with Gasteiger partial charge in [-0.2, -0.15) is 0 Å². The summed E-state index contributed by atoms with van der Waals surface area (Å²) < 4.78 is 5.82. The first-order valence-electron chi connectivity index (χ1n) is 10.9. The summed E-state index contributed by atoms with van der Waals surface area (Å²) in [5.41, 5.74) is 7.54. The van der Waals surface area contributed by atoms with E-state index in [1.807, 2.05) is 54.6 Å². The molecule has 3 aromatic rings. The molecule has 2 heteroatoms. The minimum Gasteiger partial charge on any atom is -0.494 e. The lowest BCUT2D eigenvalue weighted by atomic mass is 9.95. The van der Waals surface area contributed by atoms with E-state index in [0.717, 1.165) is 34.5 Å². The number of fused-ring (bicyclic) bond motifs is 1. The molecule has 2 aromatic carbocycles. The highest BCUT2D eigenvalue weighted by molar-refractivity contribution is 5.81. The molecule has 0 saturated carbocycles. The molecule has 4 rings (SSSR count). The van der Waals surface area contributed by atoms with Gasteiger partial charge in [0.2, 0.25) is 0 Å². The first kappa shape index (κ1) is 21.3. The Morgan fingerprint density at radius 1 is 1.03 bits per heavy atom. The van der Waals surface area contributed by atoms with Gasteiger partial charge in [0, 0.05) is 5.56 Å². The van der Waals surface area contributed by atoms with Gasteiger partial charge in [0.05, 0.1) is 17.6 Å². The Morgan fingerprint density at radius 3 is 2.75 bits per heavy atom. The summed E-state index contributed by atoms with van der Waals surface area (Å²) in [5, 5.41) is 0. The van der Waals surface area contributed by atoms with Crippen LogP contribution in [-0.4, -0.2) is 4.98 Å². The molecule has 0 bridgehead atoms. The van der Waals surface area contributed by atoms with Crippen LogP contribution in [0.4, 0.5) is 0 Å². The van der Waals surface area contributed by atoms with E-state index in [1.54, 1.807) is 6.26 Å². The fourth-order valence-electron chi connectivity index (χ4n) is 3.71. The number of allylic oxidation sites excluding steroid dienone is 6. The average Bonchev–Trinajstić information content (AvgIpc) is 2.92. The summed E-state index contributed by atoms with van der Waals surface area (Å²) in [6.45, 7) is 5.98. The van der Waals surface area contributed by atoms with Crippen LogP contribution < -0.4 is 0 Å². The second-order valence-corrected chi connectivity index (χ2v) is 7.64. The molecule has 2 nitrogen and oxygen atoms in total. The highest BCUT2D eigenvalue weighted by Gasteiger charge is 2.11. The zero-order valence-electron chi connectivity index (χ0n) is 18.3. The largest absolute Gasteiger partial charge is 0.494 e. The van der Waals surface area contributed by atoms with Gasteiger partial charge in [-0.25, -0.2) is 4.98 Å². The molecule has 0 radical (unpaired) electrons. The zero-order chi connectivity index (χ0) is 22.2. The summed E-state index contributed by atoms with van der Waals surface area (Å²) in [7, 11) is 0. The highest BCUT2D eigenvalue weighted by Crippen LogP contribution is 2.28. The minimum atomic E-state index is 0.00496. The highest BCUT2D eigenvalue weighted by atomic mass is 16.5. The lowest BCUT2D eigenvalue weighted by molar-refractivity contribution is 0.163. The van der Waals surface area contributed by atoms with Crippen molar-refractivity contribution in [3.8, 4) is 11.3 Å². The summed E-state index contributed by atoms with van der Waals surface area (Å²) in [4.78, 5) is 4.81. The fraction of sp³-hybridized carbons (Fsp3) is 0.100. The fourth-order valence-corrected chi connectivity index (χ4v) is 3.71. The van der Waals surface area contributed by atoms with Crippen LogP contribution in [0.5, 0.6) is 0 Å². The van der Waals surface area contributed by atoms with Crippen LogP contribution in [0.25, 0.3) is 29.0 Å². The Labute approximate surface area is 190 Å². The van der Waals surface area contributed by atoms with Crippen LogP contribution >= 0.6 is 0 Å². The number of ether oxygens (including phenoxy) is 1. The van der Waals surface area contributed by atoms with Crippen molar-refractivity contribution < 1.29 is 4.74 Å². The number of aromatic nitrogens is 1. The number of pyridine rings is 1. The van der Waals surface area contributed by atoms with Gasteiger partial charge >= 0.3 is 0 Å². The molecule has 0 spiro atoms. The maximum atomic E-state index is 5.82. The summed E-state index contributed by atoms with van der Waals surface area (Å²) >= 11 is 0. The Morgan fingerprint density at radius 2 is 1.91 bits per heavy atom. The summed E-state index contributed by atoms with van der Waals surface area (Å²) in [6.07, 6.45) is 17.0. The Balaban J connectivity index is 1.64. The molecular formula is C30H27NO. The second-order valence-electron chi connectivity index (χ2n) is 7.64. The van der Waals surface area contributed by atoms with Crippen molar-refractivity contribution in [1.29, 1.82) is 0 Å². The van der Waals surface area contributed by atoms with Gasteiger partial charge in [-0.15, -0.1) is 0 Å². The molecule has 2 heterocycles. The first-order chi connectivity index (χ1) is 15.7. The van der Waals surface area contributed by atoms with E-state index in [9.17, 15) is 0 Å². The molecule has 1 aliphatic heterocycles. The molecule has 1 atom stereocenters. The Kier molecular flexibility index (Phi) is 6.94. The SMILES string of the molecule is C=C/C=C(\C=C\c1cccc(-c2ccccc2)n1)c1ccc2c(c1)/C=C\C/C=C\OC2C. The van der Waals surface area contributed by atoms with Crippen LogP contribution in [0, 0.1) is 0 Å². The maximum Gasteiger partial charge on any atom is 0.121 e. The van der Waals surface area contributed by atoms with Gasteiger partial charge < -0.3 is 4.74 Å². The molecule has 1 aliphatic rings. The zero-order valence-corrected chi connectivity index (χ0v) is 18.3. The van der Waals surface area contributed by atoms with Crippen molar-refractivity contribution in [2.24, 2.45) is 0 Å². The predicted octanol–water partition coefficient (Wildman–Crippen LogP) is 8.04. The summed E-state index contributed by atoms with van der Waals surface area (Å²) in [5.74, 6) is 0. The molecule has 32 heavy (non-hydrogen) atoms. The van der Waals surface area contributed by atoms with Gasteiger partial charge in [0.15, 0.2) is 0 Å². The van der Waals surface area contributed by atoms with E-state index in [-0.39, 0.29) is 6.10 Å². The molecule has 0 fully saturated rings. The normalized spacial score (nSPS) is 18.0. The first-order valence-corrected chi connectivity index (χ1v) is 10.9. The third-order valence-electron chi connectivity index (χ3n) is 5.38. The van der Waals surface area contributed by atoms with Crippen molar-refractivity contribution >= 4 is 17.7 Å². The third-order valence-corrected chi connectivity index (χ3v) is 5.38. The van der Waals surface area contributed by atoms with Crippen molar-refractivity contribution in [2.45, 2.75) is 19.4 Å². The standard InChI is InChI=1S/C30H27NO/c1-3-11-24(17-19-28-15-10-16-30(31-28)25-12-6-4-7-13-25)26-18-20-29-23(2)32-21-9-5-8-14-27(29)22-26/h3-4,6-23H,1,5H2,2H3/b14-8-,19-17+,21-9-,24-11+. The number of benzene rings is 2. The van der Waals surface area contributed by atoms with Crippen LogP contribution in [0.15, 0.2) is 110 Å². The van der Waals surface area contributed by atoms with Crippen LogP contribution in [0.2, 0.25) is 0 Å². The van der Waals surface area contributed by atoms with Gasteiger partial charge in [-0.3, -0.25) is 0 Å². The lowest BCUT2D eigenvalue weighted by Gasteiger charge is -2.16. The van der Waals surface area contributed by atoms with E-state index >= 15 is 0 Å². The van der Waals surface area contributed by atoms with E-state index in [1.165, 1.54) is 11.1 Å². The number of rotatable bonds is 5. The molecule has 158 valence electrons. The van der Waals surface area contributed by atoms with E-state index in [2.05, 4.69) is 68.1 Å². The smallest absolute Gasteiger partial charge is 0.121 e. The van der Waals surface area contributed by atoms with Gasteiger partial charge in [-0.05, 0) is 66.0 Å². The van der Waals surface area contributed by atoms with Crippen molar-refractivity contribution in [2.75, 3.05) is 0 Å². The van der Waals surface area contributed by atoms with Crippen LogP contribution in [0.1, 0.15) is 41.8 Å². The monoisotopic (exact) mass is 417 g/mol. The summed E-state index contributed by atoms with van der Waals surface area (Å²) in [6, 6.07) is 22.8. The van der Waals surface area contributed by atoms with Gasteiger partial charge in [-0.1, -0.05) is 85.5 Å². The molecular weight excluding hydrogens is 390 g/mol. The van der Waals surface area contributed by atoms with E-state index in [0.29, 0.717) is 0 Å². The van der Waals surface area contributed by atoms with E-state index in [4.69, 9.17) is 9.72 Å².